The van der Waals surface area contributed by atoms with E-state index in [9.17, 15) is 4.79 Å². The lowest BCUT2D eigenvalue weighted by molar-refractivity contribution is 0.0702. The highest BCUT2D eigenvalue weighted by Gasteiger charge is 2.07. The van der Waals surface area contributed by atoms with Gasteiger partial charge >= 0.3 is 5.97 Å². The van der Waals surface area contributed by atoms with E-state index < -0.39 is 5.97 Å². The Kier molecular flexibility index (Phi) is 4.73. The normalized spacial score (nSPS) is 9.12. The molecule has 0 aliphatic carbocycles. The van der Waals surface area contributed by atoms with Crippen molar-refractivity contribution in [2.75, 3.05) is 0 Å². The van der Waals surface area contributed by atoms with Crippen molar-refractivity contribution in [2.24, 2.45) is 0 Å². The third-order valence-electron chi connectivity index (χ3n) is 1.92. The number of hydrogen-bond donors (Lipinski definition) is 1. The number of aromatic carboxylic acids is 1. The van der Waals surface area contributed by atoms with Crippen LogP contribution in [0.5, 0.6) is 0 Å². The number of carboxylic acid groups (broad SMARTS) is 1. The van der Waals surface area contributed by atoms with Gasteiger partial charge in [-0.3, -0.25) is 0 Å². The highest BCUT2D eigenvalue weighted by Crippen LogP contribution is 2.25. The molecule has 0 saturated carbocycles. The van der Waals surface area contributed by atoms with Crippen molar-refractivity contribution in [3.05, 3.63) is 46.7 Å². The monoisotopic (exact) mass is 234 g/mol. The van der Waals surface area contributed by atoms with Crippen LogP contribution in [-0.4, -0.2) is 11.1 Å². The summed E-state index contributed by atoms with van der Waals surface area (Å²) in [5.74, 6) is -0.864. The molecule has 0 aliphatic heterocycles. The fourth-order valence-electron chi connectivity index (χ4n) is 1.23. The summed E-state index contributed by atoms with van der Waals surface area (Å²) in [6.07, 6.45) is 0. The molecule has 0 fully saturated rings. The number of benzene rings is 1. The standard InChI is InChI=1S/C11H8O2S.C2H6/c12-11(13)10-6-9(7-14-10)8-4-2-1-3-5-8;1-2/h1-7H,(H,12,13);1-2H3. The summed E-state index contributed by atoms with van der Waals surface area (Å²) in [5.41, 5.74) is 2.02. The minimum atomic E-state index is -0.864. The smallest absolute Gasteiger partial charge is 0.345 e. The van der Waals surface area contributed by atoms with E-state index >= 15 is 0 Å². The Morgan fingerprint density at radius 3 is 2.25 bits per heavy atom. The van der Waals surface area contributed by atoms with E-state index in [2.05, 4.69) is 0 Å². The molecule has 0 saturated heterocycles. The minimum Gasteiger partial charge on any atom is -0.477 e. The van der Waals surface area contributed by atoms with Crippen LogP contribution in [0.25, 0.3) is 11.1 Å². The van der Waals surface area contributed by atoms with Gasteiger partial charge in [-0.15, -0.1) is 11.3 Å². The number of thiophene rings is 1. The lowest BCUT2D eigenvalue weighted by Gasteiger charge is -1.94. The molecule has 1 N–H and O–H groups in total. The number of rotatable bonds is 2. The summed E-state index contributed by atoms with van der Waals surface area (Å²) in [5, 5.41) is 10.6. The lowest BCUT2D eigenvalue weighted by atomic mass is 10.1. The molecule has 0 bridgehead atoms. The van der Waals surface area contributed by atoms with Gasteiger partial charge in [-0.25, -0.2) is 4.79 Å². The number of carbonyl (C=O) groups is 1. The van der Waals surface area contributed by atoms with Crippen LogP contribution in [0.1, 0.15) is 23.5 Å². The highest BCUT2D eigenvalue weighted by atomic mass is 32.1. The van der Waals surface area contributed by atoms with Gasteiger partial charge in [0.05, 0.1) is 0 Å². The predicted molar refractivity (Wildman–Crippen MR) is 68.1 cm³/mol. The molecule has 1 heterocycles. The molecule has 0 radical (unpaired) electrons. The van der Waals surface area contributed by atoms with Crippen LogP contribution in [0.4, 0.5) is 0 Å². The van der Waals surface area contributed by atoms with Crippen LogP contribution in [-0.2, 0) is 0 Å². The van der Waals surface area contributed by atoms with E-state index in [0.29, 0.717) is 4.88 Å². The highest BCUT2D eigenvalue weighted by molar-refractivity contribution is 7.12. The molecular formula is C13H14O2S. The molecule has 0 atom stereocenters. The second-order valence-corrected chi connectivity index (χ2v) is 3.78. The quantitative estimate of drug-likeness (QED) is 0.848. The first-order chi connectivity index (χ1) is 7.77. The zero-order valence-electron chi connectivity index (χ0n) is 9.31. The fraction of sp³-hybridized carbons (Fsp3) is 0.154. The second kappa shape index (κ2) is 6.08. The summed E-state index contributed by atoms with van der Waals surface area (Å²) < 4.78 is 0. The van der Waals surface area contributed by atoms with E-state index in [0.717, 1.165) is 11.1 Å². The predicted octanol–water partition coefficient (Wildman–Crippen LogP) is 4.14. The minimum absolute atomic E-state index is 0.379. The molecule has 2 nitrogen and oxygen atoms in total. The number of carboxylic acids is 1. The van der Waals surface area contributed by atoms with Crippen molar-refractivity contribution in [1.82, 2.24) is 0 Å². The molecule has 2 rings (SSSR count). The first-order valence-corrected chi connectivity index (χ1v) is 6.02. The van der Waals surface area contributed by atoms with Gasteiger partial charge in [0.25, 0.3) is 0 Å². The molecule has 3 heteroatoms. The molecule has 1 aromatic carbocycles. The molecule has 2 aromatic rings. The van der Waals surface area contributed by atoms with Gasteiger partial charge in [-0.1, -0.05) is 44.2 Å². The third-order valence-corrected chi connectivity index (χ3v) is 2.84. The van der Waals surface area contributed by atoms with Crippen LogP contribution in [0.15, 0.2) is 41.8 Å². The van der Waals surface area contributed by atoms with Crippen molar-refractivity contribution < 1.29 is 9.90 Å². The Labute approximate surface area is 99.2 Å². The topological polar surface area (TPSA) is 37.3 Å². The van der Waals surface area contributed by atoms with Crippen LogP contribution >= 0.6 is 11.3 Å². The van der Waals surface area contributed by atoms with Gasteiger partial charge in [0.2, 0.25) is 0 Å². The van der Waals surface area contributed by atoms with E-state index in [1.165, 1.54) is 11.3 Å². The second-order valence-electron chi connectivity index (χ2n) is 2.87. The number of hydrogen-bond acceptors (Lipinski definition) is 2. The Bertz CT molecular complexity index is 446. The zero-order chi connectivity index (χ0) is 12.0. The van der Waals surface area contributed by atoms with Crippen molar-refractivity contribution in [1.29, 1.82) is 0 Å². The molecule has 0 amide bonds. The largest absolute Gasteiger partial charge is 0.477 e. The van der Waals surface area contributed by atoms with Crippen molar-refractivity contribution in [3.63, 3.8) is 0 Å². The SMILES string of the molecule is CC.O=C(O)c1cc(-c2ccccc2)cs1. The summed E-state index contributed by atoms with van der Waals surface area (Å²) in [6.45, 7) is 4.00. The average molecular weight is 234 g/mol. The Morgan fingerprint density at radius 1 is 1.12 bits per heavy atom. The molecular weight excluding hydrogens is 220 g/mol. The third kappa shape index (κ3) is 2.94. The lowest BCUT2D eigenvalue weighted by Crippen LogP contribution is -1.89. The van der Waals surface area contributed by atoms with Gasteiger partial charge < -0.3 is 5.11 Å². The van der Waals surface area contributed by atoms with Crippen LogP contribution in [0.2, 0.25) is 0 Å². The van der Waals surface area contributed by atoms with Crippen LogP contribution in [0, 0.1) is 0 Å². The van der Waals surface area contributed by atoms with E-state index in [1.54, 1.807) is 6.07 Å². The van der Waals surface area contributed by atoms with Crippen LogP contribution < -0.4 is 0 Å². The van der Waals surface area contributed by atoms with Crippen LogP contribution in [0.3, 0.4) is 0 Å². The van der Waals surface area contributed by atoms with E-state index in [4.69, 9.17) is 5.11 Å². The van der Waals surface area contributed by atoms with Crippen molar-refractivity contribution >= 4 is 17.3 Å². The molecule has 0 spiro atoms. The van der Waals surface area contributed by atoms with E-state index in [1.807, 2.05) is 49.6 Å². The molecule has 1 aromatic heterocycles. The molecule has 0 aliphatic rings. The van der Waals surface area contributed by atoms with Crippen molar-refractivity contribution in [2.45, 2.75) is 13.8 Å². The zero-order valence-corrected chi connectivity index (χ0v) is 10.1. The fourth-order valence-corrected chi connectivity index (χ4v) is 1.98. The Hall–Kier alpha value is -1.61. The van der Waals surface area contributed by atoms with Gasteiger partial charge in [0, 0.05) is 0 Å². The first-order valence-electron chi connectivity index (χ1n) is 5.14. The maximum absolute atomic E-state index is 10.7. The van der Waals surface area contributed by atoms with Gasteiger partial charge in [-0.05, 0) is 22.6 Å². The first kappa shape index (κ1) is 12.5. The molecule has 84 valence electrons. The Balaban J connectivity index is 0.000000606. The summed E-state index contributed by atoms with van der Waals surface area (Å²) in [7, 11) is 0. The van der Waals surface area contributed by atoms with Gasteiger partial charge in [0.15, 0.2) is 0 Å². The summed E-state index contributed by atoms with van der Waals surface area (Å²) in [6, 6.07) is 11.4. The van der Waals surface area contributed by atoms with Gasteiger partial charge in [-0.2, -0.15) is 0 Å². The molecule has 16 heavy (non-hydrogen) atoms. The van der Waals surface area contributed by atoms with E-state index in [-0.39, 0.29) is 0 Å². The maximum Gasteiger partial charge on any atom is 0.345 e. The average Bonchev–Trinajstić information content (AvgIpc) is 2.82. The molecule has 0 unspecified atom stereocenters. The summed E-state index contributed by atoms with van der Waals surface area (Å²) in [4.78, 5) is 11.0. The van der Waals surface area contributed by atoms with Gasteiger partial charge in [0.1, 0.15) is 4.88 Å². The Morgan fingerprint density at radius 2 is 1.75 bits per heavy atom. The maximum atomic E-state index is 10.7. The summed E-state index contributed by atoms with van der Waals surface area (Å²) >= 11 is 1.25. The van der Waals surface area contributed by atoms with Crippen molar-refractivity contribution in [3.8, 4) is 11.1 Å².